The lowest BCUT2D eigenvalue weighted by Crippen LogP contribution is -2.16. The van der Waals surface area contributed by atoms with Crippen LogP contribution in [0.2, 0.25) is 0 Å². The number of aromatic nitrogens is 1. The summed E-state index contributed by atoms with van der Waals surface area (Å²) in [4.78, 5) is 4.45. The topological polar surface area (TPSA) is 42.4 Å². The standard InChI is InChI=1S/C18H23NO2/c1-12-7-5-6-8-15(12)9-16(20)10-17-14(3)18(21-4)13(2)11-19-17/h5-8,11,16,20H,9-10H2,1-4H3. The van der Waals surface area contributed by atoms with E-state index in [9.17, 15) is 5.11 Å². The number of nitrogens with zero attached hydrogens (tertiary/aromatic N) is 1. The minimum atomic E-state index is -0.440. The Morgan fingerprint density at radius 2 is 1.81 bits per heavy atom. The highest BCUT2D eigenvalue weighted by atomic mass is 16.5. The molecule has 1 unspecified atom stereocenters. The number of aryl methyl sites for hydroxylation is 2. The van der Waals surface area contributed by atoms with Gasteiger partial charge < -0.3 is 9.84 Å². The lowest BCUT2D eigenvalue weighted by Gasteiger charge is -2.16. The van der Waals surface area contributed by atoms with Crippen LogP contribution in [0.4, 0.5) is 0 Å². The molecule has 1 aromatic heterocycles. The van der Waals surface area contributed by atoms with Crippen LogP contribution < -0.4 is 4.74 Å². The Morgan fingerprint density at radius 3 is 2.48 bits per heavy atom. The average Bonchev–Trinajstić information content (AvgIpc) is 2.45. The number of pyridine rings is 1. The molecule has 1 N–H and O–H groups in total. The second-order valence-electron chi connectivity index (χ2n) is 5.53. The van der Waals surface area contributed by atoms with Gasteiger partial charge in [-0.2, -0.15) is 0 Å². The van der Waals surface area contributed by atoms with Crippen molar-refractivity contribution < 1.29 is 9.84 Å². The van der Waals surface area contributed by atoms with Crippen LogP contribution >= 0.6 is 0 Å². The van der Waals surface area contributed by atoms with Gasteiger partial charge in [-0.05, 0) is 38.3 Å². The minimum absolute atomic E-state index is 0.440. The van der Waals surface area contributed by atoms with Crippen LogP contribution in [-0.2, 0) is 12.8 Å². The average molecular weight is 285 g/mol. The van der Waals surface area contributed by atoms with E-state index in [2.05, 4.69) is 24.0 Å². The molecule has 0 aliphatic carbocycles. The predicted molar refractivity (Wildman–Crippen MR) is 84.9 cm³/mol. The van der Waals surface area contributed by atoms with E-state index in [0.29, 0.717) is 12.8 Å². The first-order valence-electron chi connectivity index (χ1n) is 7.24. The van der Waals surface area contributed by atoms with Crippen LogP contribution in [0.3, 0.4) is 0 Å². The van der Waals surface area contributed by atoms with E-state index in [1.54, 1.807) is 7.11 Å². The maximum Gasteiger partial charge on any atom is 0.128 e. The largest absolute Gasteiger partial charge is 0.496 e. The summed E-state index contributed by atoms with van der Waals surface area (Å²) in [5.41, 5.74) is 5.33. The monoisotopic (exact) mass is 285 g/mol. The quantitative estimate of drug-likeness (QED) is 0.917. The fourth-order valence-corrected chi connectivity index (χ4v) is 2.67. The zero-order valence-corrected chi connectivity index (χ0v) is 13.2. The molecular formula is C18H23NO2. The summed E-state index contributed by atoms with van der Waals surface area (Å²) in [5, 5.41) is 10.4. The van der Waals surface area contributed by atoms with E-state index >= 15 is 0 Å². The van der Waals surface area contributed by atoms with Gasteiger partial charge in [-0.3, -0.25) is 4.98 Å². The Kier molecular flexibility index (Phi) is 4.97. The van der Waals surface area contributed by atoms with Crippen molar-refractivity contribution in [3.8, 4) is 5.75 Å². The smallest absolute Gasteiger partial charge is 0.128 e. The maximum atomic E-state index is 10.4. The van der Waals surface area contributed by atoms with Gasteiger partial charge in [0.05, 0.1) is 13.2 Å². The lowest BCUT2D eigenvalue weighted by molar-refractivity contribution is 0.173. The molecule has 0 aliphatic heterocycles. The van der Waals surface area contributed by atoms with Gasteiger partial charge in [0.1, 0.15) is 5.75 Å². The molecule has 2 rings (SSSR count). The highest BCUT2D eigenvalue weighted by Gasteiger charge is 2.14. The van der Waals surface area contributed by atoms with Gasteiger partial charge in [0.25, 0.3) is 0 Å². The van der Waals surface area contributed by atoms with Crippen molar-refractivity contribution >= 4 is 0 Å². The normalized spacial score (nSPS) is 12.2. The molecule has 2 aromatic rings. The molecule has 0 spiro atoms. The summed E-state index contributed by atoms with van der Waals surface area (Å²) in [6, 6.07) is 8.16. The second kappa shape index (κ2) is 6.72. The number of methoxy groups -OCH3 is 1. The third-order valence-corrected chi connectivity index (χ3v) is 3.90. The van der Waals surface area contributed by atoms with Gasteiger partial charge in [-0.25, -0.2) is 0 Å². The predicted octanol–water partition coefficient (Wildman–Crippen LogP) is 3.16. The summed E-state index contributed by atoms with van der Waals surface area (Å²) in [5.74, 6) is 0.864. The number of ether oxygens (including phenoxy) is 1. The van der Waals surface area contributed by atoms with Crippen LogP contribution in [0.5, 0.6) is 5.75 Å². The van der Waals surface area contributed by atoms with E-state index in [-0.39, 0.29) is 0 Å². The molecule has 0 aliphatic rings. The number of benzene rings is 1. The molecule has 21 heavy (non-hydrogen) atoms. The Balaban J connectivity index is 2.13. The summed E-state index contributed by atoms with van der Waals surface area (Å²) in [6.45, 7) is 6.04. The van der Waals surface area contributed by atoms with Crippen LogP contribution in [0, 0.1) is 20.8 Å². The summed E-state index contributed by atoms with van der Waals surface area (Å²) in [6.07, 6.45) is 2.55. The fraction of sp³-hybridized carbons (Fsp3) is 0.389. The second-order valence-corrected chi connectivity index (χ2v) is 5.53. The fourth-order valence-electron chi connectivity index (χ4n) is 2.67. The maximum absolute atomic E-state index is 10.4. The van der Waals surface area contributed by atoms with Crippen LogP contribution in [0.1, 0.15) is 27.9 Å². The van der Waals surface area contributed by atoms with Gasteiger partial charge in [-0.15, -0.1) is 0 Å². The van der Waals surface area contributed by atoms with Crippen molar-refractivity contribution in [2.24, 2.45) is 0 Å². The Labute approximate surface area is 126 Å². The first-order chi connectivity index (χ1) is 10.0. The van der Waals surface area contributed by atoms with E-state index in [1.807, 2.05) is 32.2 Å². The van der Waals surface area contributed by atoms with E-state index in [4.69, 9.17) is 4.74 Å². The molecule has 0 saturated carbocycles. The number of hydrogen-bond donors (Lipinski definition) is 1. The summed E-state index contributed by atoms with van der Waals surface area (Å²) in [7, 11) is 1.67. The third kappa shape index (κ3) is 3.61. The van der Waals surface area contributed by atoms with Crippen molar-refractivity contribution in [2.45, 2.75) is 39.7 Å². The molecule has 0 radical (unpaired) electrons. The van der Waals surface area contributed by atoms with Crippen molar-refractivity contribution in [3.05, 3.63) is 58.4 Å². The molecule has 0 saturated heterocycles. The van der Waals surface area contributed by atoms with Crippen molar-refractivity contribution in [1.29, 1.82) is 0 Å². The number of rotatable bonds is 5. The molecule has 112 valence electrons. The third-order valence-electron chi connectivity index (χ3n) is 3.90. The number of hydrogen-bond acceptors (Lipinski definition) is 3. The van der Waals surface area contributed by atoms with Crippen LogP contribution in [-0.4, -0.2) is 23.3 Å². The van der Waals surface area contributed by atoms with Crippen LogP contribution in [0.15, 0.2) is 30.5 Å². The number of aliphatic hydroxyl groups excluding tert-OH is 1. The first-order valence-corrected chi connectivity index (χ1v) is 7.24. The van der Waals surface area contributed by atoms with E-state index in [1.165, 1.54) is 11.1 Å². The zero-order chi connectivity index (χ0) is 15.4. The highest BCUT2D eigenvalue weighted by Crippen LogP contribution is 2.25. The van der Waals surface area contributed by atoms with Gasteiger partial charge >= 0.3 is 0 Å². The lowest BCUT2D eigenvalue weighted by atomic mass is 9.98. The molecule has 0 fully saturated rings. The Bertz CT molecular complexity index is 623. The molecule has 3 heteroatoms. The SMILES string of the molecule is COc1c(C)cnc(CC(O)Cc2ccccc2C)c1C. The minimum Gasteiger partial charge on any atom is -0.496 e. The first kappa shape index (κ1) is 15.5. The molecule has 3 nitrogen and oxygen atoms in total. The highest BCUT2D eigenvalue weighted by molar-refractivity contribution is 5.41. The Hall–Kier alpha value is -1.87. The van der Waals surface area contributed by atoms with E-state index < -0.39 is 6.10 Å². The number of aliphatic hydroxyl groups is 1. The van der Waals surface area contributed by atoms with E-state index in [0.717, 1.165) is 22.6 Å². The van der Waals surface area contributed by atoms with Gasteiger partial charge in [-0.1, -0.05) is 24.3 Å². The van der Waals surface area contributed by atoms with Gasteiger partial charge in [0, 0.05) is 29.4 Å². The molecular weight excluding hydrogens is 262 g/mol. The van der Waals surface area contributed by atoms with Crippen molar-refractivity contribution in [3.63, 3.8) is 0 Å². The molecule has 1 aromatic carbocycles. The zero-order valence-electron chi connectivity index (χ0n) is 13.2. The molecule has 1 atom stereocenters. The van der Waals surface area contributed by atoms with Crippen LogP contribution in [0.25, 0.3) is 0 Å². The summed E-state index contributed by atoms with van der Waals surface area (Å²) >= 11 is 0. The van der Waals surface area contributed by atoms with Gasteiger partial charge in [0.2, 0.25) is 0 Å². The van der Waals surface area contributed by atoms with Crippen molar-refractivity contribution in [2.75, 3.05) is 7.11 Å². The van der Waals surface area contributed by atoms with Gasteiger partial charge in [0.15, 0.2) is 0 Å². The molecule has 0 amide bonds. The molecule has 1 heterocycles. The Morgan fingerprint density at radius 1 is 1.10 bits per heavy atom. The van der Waals surface area contributed by atoms with Crippen molar-refractivity contribution in [1.82, 2.24) is 4.98 Å². The molecule has 0 bridgehead atoms. The summed E-state index contributed by atoms with van der Waals surface area (Å²) < 4.78 is 5.41.